The molecule has 4 rings (SSSR count). The molecule has 0 aliphatic rings. The van der Waals surface area contributed by atoms with Crippen LogP contribution in [0, 0.1) is 6.92 Å². The number of aromatic nitrogens is 1. The average Bonchev–Trinajstić information content (AvgIpc) is 3.19. The van der Waals surface area contributed by atoms with Crippen LogP contribution in [-0.4, -0.2) is 20.7 Å². The van der Waals surface area contributed by atoms with E-state index in [-0.39, 0.29) is 4.90 Å². The molecule has 0 bridgehead atoms. The van der Waals surface area contributed by atoms with Crippen molar-refractivity contribution in [2.75, 3.05) is 7.11 Å². The lowest BCUT2D eigenvalue weighted by Crippen LogP contribution is -2.12. The maximum atomic E-state index is 11.8. The first kappa shape index (κ1) is 19.9. The van der Waals surface area contributed by atoms with Crippen molar-refractivity contribution < 1.29 is 17.7 Å². The van der Waals surface area contributed by atoms with Crippen LogP contribution in [-0.2, 0) is 10.0 Å². The van der Waals surface area contributed by atoms with Crippen molar-refractivity contribution in [3.05, 3.63) is 78.5 Å². The van der Waals surface area contributed by atoms with Gasteiger partial charge in [-0.2, -0.15) is 0 Å². The van der Waals surface area contributed by atoms with Gasteiger partial charge in [0.1, 0.15) is 5.75 Å². The summed E-state index contributed by atoms with van der Waals surface area (Å²) in [6.45, 7) is 1.81. The van der Waals surface area contributed by atoms with E-state index in [1.807, 2.05) is 48.5 Å². The molecule has 152 valence electrons. The molecule has 7 heteroatoms. The third kappa shape index (κ3) is 3.98. The summed E-state index contributed by atoms with van der Waals surface area (Å²) in [4.78, 5) is 0.0187. The summed E-state index contributed by atoms with van der Waals surface area (Å²) in [5.41, 5.74) is 5.17. The van der Waals surface area contributed by atoms with Gasteiger partial charge in [-0.05, 0) is 53.4 Å². The molecule has 0 aliphatic heterocycles. The number of hydrogen-bond acceptors (Lipinski definition) is 5. The van der Waals surface area contributed by atoms with E-state index in [9.17, 15) is 8.42 Å². The Morgan fingerprint density at radius 3 is 1.97 bits per heavy atom. The standard InChI is InChI=1S/C23H20N2O4S/c1-15-13-23(29-25-15)22-14-20(30(24,26)27)11-12-21(22)18-5-3-16(4-6-18)17-7-9-19(28-2)10-8-17/h3-14H,1-2H3,(H2,24,26,27). The summed E-state index contributed by atoms with van der Waals surface area (Å²) in [6.07, 6.45) is 0. The van der Waals surface area contributed by atoms with Crippen LogP contribution in [0.25, 0.3) is 33.6 Å². The lowest BCUT2D eigenvalue weighted by molar-refractivity contribution is 0.415. The normalized spacial score (nSPS) is 11.4. The number of nitrogens with zero attached hydrogens (tertiary/aromatic N) is 1. The third-order valence-corrected chi connectivity index (χ3v) is 5.74. The molecule has 0 saturated carbocycles. The minimum atomic E-state index is -3.85. The summed E-state index contributed by atoms with van der Waals surface area (Å²) >= 11 is 0. The van der Waals surface area contributed by atoms with Gasteiger partial charge in [-0.1, -0.05) is 47.6 Å². The van der Waals surface area contributed by atoms with Crippen molar-refractivity contribution in [1.29, 1.82) is 0 Å². The van der Waals surface area contributed by atoms with Crippen molar-refractivity contribution >= 4 is 10.0 Å². The zero-order valence-electron chi connectivity index (χ0n) is 16.5. The molecule has 2 N–H and O–H groups in total. The van der Waals surface area contributed by atoms with E-state index in [1.165, 1.54) is 12.1 Å². The molecule has 1 aromatic heterocycles. The molecule has 0 radical (unpaired) electrons. The molecule has 0 aliphatic carbocycles. The smallest absolute Gasteiger partial charge is 0.238 e. The lowest BCUT2D eigenvalue weighted by Gasteiger charge is -2.11. The number of sulfonamides is 1. The first-order valence-electron chi connectivity index (χ1n) is 9.20. The Balaban J connectivity index is 1.77. The van der Waals surface area contributed by atoms with Crippen molar-refractivity contribution in [1.82, 2.24) is 5.16 Å². The summed E-state index contributed by atoms with van der Waals surface area (Å²) in [5.74, 6) is 1.28. The van der Waals surface area contributed by atoms with Gasteiger partial charge in [0.2, 0.25) is 10.0 Å². The predicted molar refractivity (Wildman–Crippen MR) is 115 cm³/mol. The number of nitrogens with two attached hydrogens (primary N) is 1. The van der Waals surface area contributed by atoms with Crippen molar-refractivity contribution in [3.8, 4) is 39.3 Å². The van der Waals surface area contributed by atoms with Gasteiger partial charge in [-0.15, -0.1) is 0 Å². The Kier molecular flexibility index (Phi) is 5.15. The van der Waals surface area contributed by atoms with E-state index in [2.05, 4.69) is 5.16 Å². The number of hydrogen-bond donors (Lipinski definition) is 1. The van der Waals surface area contributed by atoms with Crippen LogP contribution in [0.3, 0.4) is 0 Å². The van der Waals surface area contributed by atoms with Gasteiger partial charge in [0.25, 0.3) is 0 Å². The summed E-state index contributed by atoms with van der Waals surface area (Å²) in [7, 11) is -2.21. The van der Waals surface area contributed by atoms with Gasteiger partial charge >= 0.3 is 0 Å². The van der Waals surface area contributed by atoms with Gasteiger partial charge < -0.3 is 9.26 Å². The Morgan fingerprint density at radius 1 is 0.833 bits per heavy atom. The minimum Gasteiger partial charge on any atom is -0.497 e. The van der Waals surface area contributed by atoms with Crippen molar-refractivity contribution in [2.24, 2.45) is 5.14 Å². The number of primary sulfonamides is 1. The lowest BCUT2D eigenvalue weighted by atomic mass is 9.96. The molecule has 0 atom stereocenters. The molecule has 6 nitrogen and oxygen atoms in total. The second-order valence-electron chi connectivity index (χ2n) is 6.89. The fourth-order valence-corrected chi connectivity index (χ4v) is 3.81. The Labute approximate surface area is 175 Å². The Hall–Kier alpha value is -3.42. The zero-order chi connectivity index (χ0) is 21.3. The fourth-order valence-electron chi connectivity index (χ4n) is 3.27. The number of benzene rings is 3. The molecule has 0 fully saturated rings. The first-order valence-corrected chi connectivity index (χ1v) is 10.8. The largest absolute Gasteiger partial charge is 0.497 e. The van der Waals surface area contributed by atoms with E-state index in [0.717, 1.165) is 28.0 Å². The third-order valence-electron chi connectivity index (χ3n) is 4.83. The second-order valence-corrected chi connectivity index (χ2v) is 8.45. The summed E-state index contributed by atoms with van der Waals surface area (Å²) in [6, 6.07) is 22.3. The van der Waals surface area contributed by atoms with E-state index in [1.54, 1.807) is 26.2 Å². The highest BCUT2D eigenvalue weighted by molar-refractivity contribution is 7.89. The van der Waals surface area contributed by atoms with E-state index < -0.39 is 10.0 Å². The van der Waals surface area contributed by atoms with Crippen LogP contribution in [0.1, 0.15) is 5.69 Å². The number of aryl methyl sites for hydroxylation is 1. The van der Waals surface area contributed by atoms with Crippen LogP contribution in [0.2, 0.25) is 0 Å². The number of methoxy groups -OCH3 is 1. The van der Waals surface area contributed by atoms with Gasteiger partial charge in [0.15, 0.2) is 5.76 Å². The van der Waals surface area contributed by atoms with E-state index >= 15 is 0 Å². The molecule has 1 heterocycles. The minimum absolute atomic E-state index is 0.0187. The van der Waals surface area contributed by atoms with E-state index in [4.69, 9.17) is 14.4 Å². The monoisotopic (exact) mass is 420 g/mol. The molecule has 4 aromatic rings. The summed E-state index contributed by atoms with van der Waals surface area (Å²) < 4.78 is 34.3. The highest BCUT2D eigenvalue weighted by atomic mass is 32.2. The maximum absolute atomic E-state index is 11.8. The second kappa shape index (κ2) is 7.78. The Bertz CT molecular complexity index is 1290. The molecular formula is C23H20N2O4S. The highest BCUT2D eigenvalue weighted by Gasteiger charge is 2.17. The quantitative estimate of drug-likeness (QED) is 0.507. The van der Waals surface area contributed by atoms with Crippen molar-refractivity contribution in [2.45, 2.75) is 11.8 Å². The van der Waals surface area contributed by atoms with Gasteiger partial charge in [0, 0.05) is 11.6 Å². The topological polar surface area (TPSA) is 95.4 Å². The maximum Gasteiger partial charge on any atom is 0.238 e. The van der Waals surface area contributed by atoms with Crippen LogP contribution in [0.15, 0.2) is 82.2 Å². The molecule has 0 spiro atoms. The van der Waals surface area contributed by atoms with Crippen LogP contribution in [0.4, 0.5) is 0 Å². The molecule has 3 aromatic carbocycles. The predicted octanol–water partition coefficient (Wildman–Crippen LogP) is 4.64. The molecular weight excluding hydrogens is 400 g/mol. The number of ether oxygens (including phenoxy) is 1. The SMILES string of the molecule is COc1ccc(-c2ccc(-c3ccc(S(N)(=O)=O)cc3-c3cc(C)no3)cc2)cc1. The molecule has 0 unspecified atom stereocenters. The molecule has 0 amide bonds. The van der Waals surface area contributed by atoms with Crippen LogP contribution < -0.4 is 9.88 Å². The average molecular weight is 420 g/mol. The zero-order valence-corrected chi connectivity index (χ0v) is 17.3. The Morgan fingerprint density at radius 2 is 1.43 bits per heavy atom. The van der Waals surface area contributed by atoms with Gasteiger partial charge in [0.05, 0.1) is 17.7 Å². The van der Waals surface area contributed by atoms with Crippen molar-refractivity contribution in [3.63, 3.8) is 0 Å². The molecule has 0 saturated heterocycles. The highest BCUT2D eigenvalue weighted by Crippen LogP contribution is 2.35. The van der Waals surface area contributed by atoms with Crippen LogP contribution in [0.5, 0.6) is 5.75 Å². The van der Waals surface area contributed by atoms with E-state index in [0.29, 0.717) is 17.0 Å². The first-order chi connectivity index (χ1) is 14.3. The number of rotatable bonds is 5. The summed E-state index contributed by atoms with van der Waals surface area (Å²) in [5, 5.41) is 9.24. The van der Waals surface area contributed by atoms with Gasteiger partial charge in [-0.3, -0.25) is 0 Å². The van der Waals surface area contributed by atoms with Gasteiger partial charge in [-0.25, -0.2) is 13.6 Å². The fraction of sp³-hybridized carbons (Fsp3) is 0.0870. The molecule has 30 heavy (non-hydrogen) atoms. The van der Waals surface area contributed by atoms with Crippen LogP contribution >= 0.6 is 0 Å².